The van der Waals surface area contributed by atoms with Gasteiger partial charge in [0.2, 0.25) is 17.5 Å². The second-order valence-electron chi connectivity index (χ2n) is 10.6. The molecular formula is C29H34O16. The Kier molecular flexibility index (Phi) is 9.41. The molecule has 2 aromatic carbocycles. The maximum absolute atomic E-state index is 13.3. The van der Waals surface area contributed by atoms with Gasteiger partial charge < -0.3 is 73.7 Å². The van der Waals surface area contributed by atoms with Gasteiger partial charge in [-0.25, -0.2) is 0 Å². The number of phenols is 2. The van der Waals surface area contributed by atoms with Crippen LogP contribution >= 0.6 is 0 Å². The van der Waals surface area contributed by atoms with Gasteiger partial charge in [0.15, 0.2) is 23.5 Å². The van der Waals surface area contributed by atoms with Crippen molar-refractivity contribution in [3.63, 3.8) is 0 Å². The molecule has 246 valence electrons. The van der Waals surface area contributed by atoms with Gasteiger partial charge in [-0.15, -0.1) is 0 Å². The van der Waals surface area contributed by atoms with E-state index in [2.05, 4.69) is 0 Å². The molecule has 2 saturated heterocycles. The molecule has 16 heteroatoms. The molecule has 16 nitrogen and oxygen atoms in total. The van der Waals surface area contributed by atoms with Crippen molar-refractivity contribution < 1.29 is 73.7 Å². The molecule has 2 aliphatic heterocycles. The van der Waals surface area contributed by atoms with Crippen LogP contribution in [0.2, 0.25) is 0 Å². The Balaban J connectivity index is 1.41. The smallest absolute Gasteiger partial charge is 0.239 e. The van der Waals surface area contributed by atoms with Crippen molar-refractivity contribution in [3.05, 3.63) is 40.6 Å². The van der Waals surface area contributed by atoms with Gasteiger partial charge in [-0.3, -0.25) is 4.79 Å². The summed E-state index contributed by atoms with van der Waals surface area (Å²) in [6.45, 7) is 0.935. The molecule has 1 aromatic heterocycles. The van der Waals surface area contributed by atoms with E-state index in [-0.39, 0.29) is 45.3 Å². The lowest BCUT2D eigenvalue weighted by atomic mass is 9.98. The van der Waals surface area contributed by atoms with Crippen LogP contribution in [-0.4, -0.2) is 123 Å². The zero-order valence-electron chi connectivity index (χ0n) is 24.2. The SMILES string of the molecule is COc1ccc(-c2oc3cc(O[C@@H]4O[C@H](CO[C@@H]5O[C@@H](C)[C@H](O)[C@@H](O)[C@H]5O)[C@@H](O)[C@H](O)[C@H]4O)cc(O)c3c(=O)c2OC)cc1O. The summed E-state index contributed by atoms with van der Waals surface area (Å²) in [5.74, 6) is -1.18. The summed E-state index contributed by atoms with van der Waals surface area (Å²) < 4.78 is 38.4. The third kappa shape index (κ3) is 6.11. The molecule has 0 amide bonds. The van der Waals surface area contributed by atoms with Crippen LogP contribution in [0.25, 0.3) is 22.3 Å². The summed E-state index contributed by atoms with van der Waals surface area (Å²) >= 11 is 0. The van der Waals surface area contributed by atoms with Crippen LogP contribution < -0.4 is 19.6 Å². The topological polar surface area (TPSA) is 247 Å². The minimum absolute atomic E-state index is 0.0895. The maximum atomic E-state index is 13.3. The van der Waals surface area contributed by atoms with Crippen molar-refractivity contribution in [1.29, 1.82) is 0 Å². The van der Waals surface area contributed by atoms with Crippen molar-refractivity contribution in [2.45, 2.75) is 68.3 Å². The Labute approximate surface area is 254 Å². The highest BCUT2D eigenvalue weighted by molar-refractivity contribution is 5.88. The normalized spacial score (nSPS) is 31.9. The van der Waals surface area contributed by atoms with E-state index in [0.29, 0.717) is 0 Å². The number of fused-ring (bicyclic) bond motifs is 1. The molecular weight excluding hydrogens is 604 g/mol. The van der Waals surface area contributed by atoms with E-state index in [0.717, 1.165) is 6.07 Å². The van der Waals surface area contributed by atoms with Gasteiger partial charge >= 0.3 is 0 Å². The number of benzene rings is 2. The van der Waals surface area contributed by atoms with E-state index >= 15 is 0 Å². The minimum Gasteiger partial charge on any atom is -0.507 e. The number of aliphatic hydroxyl groups excluding tert-OH is 6. The van der Waals surface area contributed by atoms with Gasteiger partial charge in [0.05, 0.1) is 26.9 Å². The summed E-state index contributed by atoms with van der Waals surface area (Å²) in [5.41, 5.74) is -0.675. The number of hydrogen-bond donors (Lipinski definition) is 8. The summed E-state index contributed by atoms with van der Waals surface area (Å²) in [4.78, 5) is 13.3. The highest BCUT2D eigenvalue weighted by Crippen LogP contribution is 2.39. The van der Waals surface area contributed by atoms with Crippen LogP contribution in [0.15, 0.2) is 39.5 Å². The van der Waals surface area contributed by atoms with Gasteiger partial charge in [0.25, 0.3) is 0 Å². The first-order valence-electron chi connectivity index (χ1n) is 13.8. The lowest BCUT2D eigenvalue weighted by Gasteiger charge is -2.42. The van der Waals surface area contributed by atoms with Crippen LogP contribution in [0, 0.1) is 0 Å². The van der Waals surface area contributed by atoms with Gasteiger partial charge in [-0.1, -0.05) is 0 Å². The predicted molar refractivity (Wildman–Crippen MR) is 150 cm³/mol. The fourth-order valence-corrected chi connectivity index (χ4v) is 5.16. The molecule has 8 N–H and O–H groups in total. The Morgan fingerprint density at radius 3 is 2.13 bits per heavy atom. The molecule has 3 heterocycles. The van der Waals surface area contributed by atoms with Gasteiger partial charge in [-0.2, -0.15) is 0 Å². The predicted octanol–water partition coefficient (Wildman–Crippen LogP) is -1.08. The Morgan fingerprint density at radius 1 is 0.778 bits per heavy atom. The fourth-order valence-electron chi connectivity index (χ4n) is 5.16. The van der Waals surface area contributed by atoms with E-state index in [1.54, 1.807) is 0 Å². The molecule has 3 aromatic rings. The summed E-state index contributed by atoms with van der Waals surface area (Å²) in [5, 5.41) is 82.4. The number of hydrogen-bond acceptors (Lipinski definition) is 16. The average molecular weight is 639 g/mol. The number of rotatable bonds is 8. The molecule has 0 aliphatic carbocycles. The van der Waals surface area contributed by atoms with Crippen molar-refractivity contribution in [1.82, 2.24) is 0 Å². The van der Waals surface area contributed by atoms with Crippen LogP contribution in [0.1, 0.15) is 6.92 Å². The zero-order valence-corrected chi connectivity index (χ0v) is 24.2. The van der Waals surface area contributed by atoms with E-state index in [1.807, 2.05) is 0 Å². The molecule has 10 atom stereocenters. The van der Waals surface area contributed by atoms with Crippen LogP contribution in [0.3, 0.4) is 0 Å². The second-order valence-corrected chi connectivity index (χ2v) is 10.6. The van der Waals surface area contributed by atoms with Crippen molar-refractivity contribution in [3.8, 4) is 40.1 Å². The Morgan fingerprint density at radius 2 is 1.47 bits per heavy atom. The fraction of sp³-hybridized carbons (Fsp3) is 0.483. The molecule has 0 spiro atoms. The third-order valence-corrected chi connectivity index (χ3v) is 7.71. The van der Waals surface area contributed by atoms with Gasteiger partial charge in [0, 0.05) is 17.7 Å². The number of aliphatic hydroxyl groups is 6. The maximum Gasteiger partial charge on any atom is 0.239 e. The molecule has 5 rings (SSSR count). The van der Waals surface area contributed by atoms with Crippen LogP contribution in [0.4, 0.5) is 0 Å². The third-order valence-electron chi connectivity index (χ3n) is 7.71. The van der Waals surface area contributed by atoms with Crippen LogP contribution in [0.5, 0.6) is 28.7 Å². The average Bonchev–Trinajstić information content (AvgIpc) is 3.01. The quantitative estimate of drug-likeness (QED) is 0.146. The molecule has 0 radical (unpaired) electrons. The standard InChI is InChI=1S/C29H34O16/c1-10-19(32)22(35)24(37)28(42-10)41-9-17-20(33)23(36)25(38)29(45-17)43-12-7-14(31)18-16(8-12)44-26(27(40-3)21(18)34)11-4-5-15(39-2)13(30)6-11/h4-8,10,17,19-20,22-25,28-33,35-38H,9H2,1-3H3/t10-,17+,19-,20+,22+,23-,24+,25+,28+,29+/m0/s1. The first kappa shape index (κ1) is 32.7. The summed E-state index contributed by atoms with van der Waals surface area (Å²) in [6, 6.07) is 6.49. The zero-order chi connectivity index (χ0) is 32.7. The first-order valence-corrected chi connectivity index (χ1v) is 13.8. The molecule has 45 heavy (non-hydrogen) atoms. The molecule has 0 bridgehead atoms. The summed E-state index contributed by atoms with van der Waals surface area (Å²) in [6.07, 6.45) is -15.2. The van der Waals surface area contributed by atoms with Crippen molar-refractivity contribution in [2.75, 3.05) is 20.8 Å². The monoisotopic (exact) mass is 638 g/mol. The first-order chi connectivity index (χ1) is 21.4. The highest BCUT2D eigenvalue weighted by atomic mass is 16.7. The molecule has 0 saturated carbocycles. The van der Waals surface area contributed by atoms with E-state index < -0.39 is 79.2 Å². The molecule has 2 fully saturated rings. The lowest BCUT2D eigenvalue weighted by Crippen LogP contribution is -2.61. The largest absolute Gasteiger partial charge is 0.507 e. The Hall–Kier alpha value is -3.71. The van der Waals surface area contributed by atoms with Gasteiger partial charge in [-0.05, 0) is 25.1 Å². The molecule has 0 unspecified atom stereocenters. The Bertz CT molecular complexity index is 1570. The number of methoxy groups -OCH3 is 2. The lowest BCUT2D eigenvalue weighted by molar-refractivity contribution is -0.318. The summed E-state index contributed by atoms with van der Waals surface area (Å²) in [7, 11) is 2.60. The van der Waals surface area contributed by atoms with Crippen molar-refractivity contribution >= 4 is 11.0 Å². The number of phenolic OH excluding ortho intramolecular Hbond substituents is 2. The van der Waals surface area contributed by atoms with E-state index in [9.17, 15) is 45.6 Å². The van der Waals surface area contributed by atoms with Crippen LogP contribution in [-0.2, 0) is 14.2 Å². The minimum atomic E-state index is -1.80. The molecule has 2 aliphatic rings. The van der Waals surface area contributed by atoms with Crippen molar-refractivity contribution in [2.24, 2.45) is 0 Å². The van der Waals surface area contributed by atoms with E-state index in [1.165, 1.54) is 45.4 Å². The van der Waals surface area contributed by atoms with Gasteiger partial charge in [0.1, 0.15) is 65.2 Å². The second kappa shape index (κ2) is 13.0. The van der Waals surface area contributed by atoms with E-state index in [4.69, 9.17) is 32.8 Å². The number of aromatic hydroxyl groups is 2. The number of ether oxygens (including phenoxy) is 6. The highest BCUT2D eigenvalue weighted by Gasteiger charge is 2.47.